The van der Waals surface area contributed by atoms with Crippen LogP contribution in [-0.4, -0.2) is 14.8 Å². The van der Waals surface area contributed by atoms with Gasteiger partial charge in [-0.1, -0.05) is 47.6 Å². The second-order valence-electron chi connectivity index (χ2n) is 6.29. The average molecular weight is 418 g/mol. The maximum atomic E-state index is 13.9. The number of ether oxygens (including phenoxy) is 1. The van der Waals surface area contributed by atoms with E-state index in [-0.39, 0.29) is 11.9 Å². The van der Waals surface area contributed by atoms with E-state index in [1.807, 2.05) is 42.7 Å². The van der Waals surface area contributed by atoms with Gasteiger partial charge in [0.15, 0.2) is 17.1 Å². The molecule has 28 heavy (non-hydrogen) atoms. The van der Waals surface area contributed by atoms with Crippen LogP contribution in [0.3, 0.4) is 0 Å². The zero-order chi connectivity index (χ0) is 20.1. The van der Waals surface area contributed by atoms with E-state index in [0.717, 1.165) is 5.56 Å². The van der Waals surface area contributed by atoms with Crippen molar-refractivity contribution in [2.24, 2.45) is 0 Å². The Morgan fingerprint density at radius 3 is 2.79 bits per heavy atom. The summed E-state index contributed by atoms with van der Waals surface area (Å²) < 4.78 is 21.8. The molecule has 1 unspecified atom stereocenters. The Bertz CT molecular complexity index is 976. The number of aromatic nitrogens is 3. The van der Waals surface area contributed by atoms with Gasteiger partial charge in [-0.2, -0.15) is 0 Å². The molecule has 1 heterocycles. The van der Waals surface area contributed by atoms with Crippen molar-refractivity contribution >= 4 is 23.4 Å². The van der Waals surface area contributed by atoms with Crippen LogP contribution in [0, 0.1) is 12.7 Å². The fourth-order valence-electron chi connectivity index (χ4n) is 2.71. The van der Waals surface area contributed by atoms with Crippen molar-refractivity contribution in [2.75, 3.05) is 0 Å². The zero-order valence-corrected chi connectivity index (χ0v) is 17.3. The highest BCUT2D eigenvalue weighted by Gasteiger charge is 2.19. The van der Waals surface area contributed by atoms with Gasteiger partial charge in [0.25, 0.3) is 0 Å². The molecule has 0 radical (unpaired) electrons. The van der Waals surface area contributed by atoms with Gasteiger partial charge in [0.2, 0.25) is 0 Å². The number of hydrogen-bond acceptors (Lipinski definition) is 4. The third-order valence-electron chi connectivity index (χ3n) is 4.18. The predicted octanol–water partition coefficient (Wildman–Crippen LogP) is 6.00. The number of benzene rings is 2. The minimum Gasteiger partial charge on any atom is -0.483 e. The molecule has 0 saturated heterocycles. The van der Waals surface area contributed by atoms with E-state index in [1.165, 1.54) is 17.8 Å². The van der Waals surface area contributed by atoms with Crippen molar-refractivity contribution < 1.29 is 9.13 Å². The van der Waals surface area contributed by atoms with E-state index in [4.69, 9.17) is 16.3 Å². The Morgan fingerprint density at radius 2 is 2.07 bits per heavy atom. The van der Waals surface area contributed by atoms with E-state index in [2.05, 4.69) is 16.8 Å². The smallest absolute Gasteiger partial charge is 0.191 e. The third-order valence-corrected chi connectivity index (χ3v) is 5.62. The Kier molecular flexibility index (Phi) is 6.75. The van der Waals surface area contributed by atoms with Crippen LogP contribution in [0.5, 0.6) is 5.75 Å². The Balaban J connectivity index is 1.78. The van der Waals surface area contributed by atoms with E-state index < -0.39 is 0 Å². The molecule has 0 N–H and O–H groups in total. The molecule has 0 spiro atoms. The van der Waals surface area contributed by atoms with E-state index in [9.17, 15) is 4.39 Å². The van der Waals surface area contributed by atoms with Gasteiger partial charge in [0.05, 0.1) is 0 Å². The van der Waals surface area contributed by atoms with Crippen LogP contribution in [0.25, 0.3) is 0 Å². The monoisotopic (exact) mass is 417 g/mol. The first-order chi connectivity index (χ1) is 13.5. The lowest BCUT2D eigenvalue weighted by atomic mass is 10.2. The van der Waals surface area contributed by atoms with Crippen LogP contribution in [-0.2, 0) is 12.3 Å². The minimum atomic E-state index is -0.323. The summed E-state index contributed by atoms with van der Waals surface area (Å²) in [5.41, 5.74) is 1.57. The van der Waals surface area contributed by atoms with Crippen LogP contribution in [0.4, 0.5) is 4.39 Å². The molecule has 4 nitrogen and oxygen atoms in total. The molecule has 1 atom stereocenters. The highest BCUT2D eigenvalue weighted by molar-refractivity contribution is 7.98. The molecule has 0 aliphatic carbocycles. The van der Waals surface area contributed by atoms with E-state index >= 15 is 0 Å². The van der Waals surface area contributed by atoms with E-state index in [1.54, 1.807) is 18.2 Å². The Hall–Kier alpha value is -2.31. The molecular weight excluding hydrogens is 397 g/mol. The third kappa shape index (κ3) is 4.75. The lowest BCUT2D eigenvalue weighted by Gasteiger charge is -2.16. The molecule has 2 aromatic carbocycles. The number of nitrogens with zero attached hydrogens (tertiary/aromatic N) is 3. The molecule has 0 fully saturated rings. The van der Waals surface area contributed by atoms with Gasteiger partial charge in [0, 0.05) is 17.3 Å². The normalized spacial score (nSPS) is 12.0. The Morgan fingerprint density at radius 1 is 1.29 bits per heavy atom. The summed E-state index contributed by atoms with van der Waals surface area (Å²) in [6.07, 6.45) is 1.45. The van der Waals surface area contributed by atoms with Crippen LogP contribution in [0.1, 0.15) is 30.0 Å². The van der Waals surface area contributed by atoms with Crippen LogP contribution in [0.15, 0.2) is 60.3 Å². The Labute approximate surface area is 173 Å². The number of aryl methyl sites for hydroxylation is 1. The maximum Gasteiger partial charge on any atom is 0.191 e. The molecular formula is C21H21ClFN3OS. The zero-order valence-electron chi connectivity index (χ0n) is 15.7. The number of allylic oxidation sites excluding steroid dienone is 1. The SMILES string of the molecule is C=CCn1c(SCc2ccccc2F)nnc1C(C)Oc1ccc(Cl)c(C)c1. The van der Waals surface area contributed by atoms with Crippen molar-refractivity contribution in [3.63, 3.8) is 0 Å². The topological polar surface area (TPSA) is 39.9 Å². The summed E-state index contributed by atoms with van der Waals surface area (Å²) in [4.78, 5) is 0. The first kappa shape index (κ1) is 20.4. The summed E-state index contributed by atoms with van der Waals surface area (Å²) in [7, 11) is 0. The number of thioether (sulfide) groups is 1. The maximum absolute atomic E-state index is 13.9. The highest BCUT2D eigenvalue weighted by atomic mass is 35.5. The quantitative estimate of drug-likeness (QED) is 0.333. The van der Waals surface area contributed by atoms with E-state index in [0.29, 0.717) is 39.6 Å². The molecule has 1 aromatic heterocycles. The summed E-state index contributed by atoms with van der Waals surface area (Å²) in [6, 6.07) is 12.3. The molecule has 0 amide bonds. The van der Waals surface area contributed by atoms with Gasteiger partial charge in [-0.05, 0) is 49.2 Å². The standard InChI is InChI=1S/C21H21ClFN3OS/c1-4-11-26-20(15(3)27-17-9-10-18(22)14(2)12-17)24-25-21(26)28-13-16-7-5-6-8-19(16)23/h4-10,12,15H,1,11,13H2,2-3H3. The van der Waals surface area contributed by atoms with Crippen LogP contribution >= 0.6 is 23.4 Å². The van der Waals surface area contributed by atoms with Crippen molar-refractivity contribution in [3.8, 4) is 5.75 Å². The van der Waals surface area contributed by atoms with Crippen LogP contribution in [0.2, 0.25) is 5.02 Å². The highest BCUT2D eigenvalue weighted by Crippen LogP contribution is 2.28. The van der Waals surface area contributed by atoms with Gasteiger partial charge in [-0.25, -0.2) is 4.39 Å². The molecule has 3 aromatic rings. The molecule has 0 aliphatic heterocycles. The summed E-state index contributed by atoms with van der Waals surface area (Å²) >= 11 is 7.51. The number of halogens is 2. The second kappa shape index (κ2) is 9.26. The first-order valence-electron chi connectivity index (χ1n) is 8.82. The van der Waals surface area contributed by atoms with Crippen molar-refractivity contribution in [2.45, 2.75) is 37.4 Å². The lowest BCUT2D eigenvalue weighted by Crippen LogP contribution is -2.12. The van der Waals surface area contributed by atoms with Crippen molar-refractivity contribution in [3.05, 3.63) is 82.9 Å². The molecule has 0 aliphatic rings. The molecule has 0 saturated carbocycles. The number of rotatable bonds is 8. The van der Waals surface area contributed by atoms with Crippen LogP contribution < -0.4 is 4.74 Å². The predicted molar refractivity (Wildman–Crippen MR) is 111 cm³/mol. The summed E-state index contributed by atoms with van der Waals surface area (Å²) in [6.45, 7) is 8.19. The fraction of sp³-hybridized carbons (Fsp3) is 0.238. The first-order valence-corrected chi connectivity index (χ1v) is 10.2. The molecule has 7 heteroatoms. The largest absolute Gasteiger partial charge is 0.483 e. The molecule has 3 rings (SSSR count). The van der Waals surface area contributed by atoms with Gasteiger partial charge in [0.1, 0.15) is 11.6 Å². The average Bonchev–Trinajstić information content (AvgIpc) is 3.07. The second-order valence-corrected chi connectivity index (χ2v) is 7.64. The molecule has 0 bridgehead atoms. The van der Waals surface area contributed by atoms with Crippen molar-refractivity contribution in [1.82, 2.24) is 14.8 Å². The molecule has 146 valence electrons. The summed E-state index contributed by atoms with van der Waals surface area (Å²) in [5, 5.41) is 9.97. The summed E-state index contributed by atoms with van der Waals surface area (Å²) in [5.74, 6) is 1.64. The van der Waals surface area contributed by atoms with Gasteiger partial charge in [-0.15, -0.1) is 16.8 Å². The van der Waals surface area contributed by atoms with Gasteiger partial charge >= 0.3 is 0 Å². The minimum absolute atomic E-state index is 0.222. The van der Waals surface area contributed by atoms with Gasteiger partial charge in [-0.3, -0.25) is 4.57 Å². The fourth-order valence-corrected chi connectivity index (χ4v) is 3.77. The van der Waals surface area contributed by atoms with Gasteiger partial charge < -0.3 is 4.74 Å². The number of hydrogen-bond donors (Lipinski definition) is 0. The van der Waals surface area contributed by atoms with Crippen molar-refractivity contribution in [1.29, 1.82) is 0 Å². The lowest BCUT2D eigenvalue weighted by molar-refractivity contribution is 0.210.